The molecule has 0 saturated carbocycles. The van der Waals surface area contributed by atoms with E-state index in [9.17, 15) is 0 Å². The molecule has 3 nitrogen and oxygen atoms in total. The van der Waals surface area contributed by atoms with Gasteiger partial charge in [0, 0.05) is 22.6 Å². The lowest BCUT2D eigenvalue weighted by molar-refractivity contribution is 0.837. The highest BCUT2D eigenvalue weighted by atomic mass is 79.9. The Labute approximate surface area is 126 Å². The minimum Gasteiger partial charge on any atom is -0.340 e. The summed E-state index contributed by atoms with van der Waals surface area (Å²) in [4.78, 5) is 8.65. The zero-order valence-corrected chi connectivity index (χ0v) is 13.2. The largest absolute Gasteiger partial charge is 0.340 e. The van der Waals surface area contributed by atoms with Crippen molar-refractivity contribution in [2.75, 3.05) is 5.32 Å². The third-order valence-electron chi connectivity index (χ3n) is 2.66. The van der Waals surface area contributed by atoms with Gasteiger partial charge in [0.2, 0.25) is 0 Å². The van der Waals surface area contributed by atoms with E-state index in [-0.39, 0.29) is 0 Å². The molecule has 1 aromatic carbocycles. The van der Waals surface area contributed by atoms with Gasteiger partial charge in [0.1, 0.15) is 16.8 Å². The molecule has 0 saturated heterocycles. The van der Waals surface area contributed by atoms with E-state index in [1.165, 1.54) is 5.56 Å². The highest BCUT2D eigenvalue weighted by Gasteiger charge is 2.04. The Morgan fingerprint density at radius 3 is 2.74 bits per heavy atom. The molecular weight excluding hydrogens is 326 g/mol. The molecule has 0 unspecified atom stereocenters. The maximum Gasteiger partial charge on any atom is 0.135 e. The summed E-state index contributed by atoms with van der Waals surface area (Å²) < 4.78 is 1.06. The van der Waals surface area contributed by atoms with Crippen LogP contribution in [0.15, 0.2) is 28.7 Å². The first-order chi connectivity index (χ1) is 9.08. The number of nitrogens with one attached hydrogen (secondary N) is 1. The molecule has 5 heteroatoms. The second-order valence-electron chi connectivity index (χ2n) is 4.33. The van der Waals surface area contributed by atoms with Crippen molar-refractivity contribution in [3.63, 3.8) is 0 Å². The summed E-state index contributed by atoms with van der Waals surface area (Å²) in [6.45, 7) is 4.14. The highest BCUT2D eigenvalue weighted by molar-refractivity contribution is 9.10. The highest BCUT2D eigenvalue weighted by Crippen LogP contribution is 2.23. The van der Waals surface area contributed by atoms with Crippen LogP contribution in [0.2, 0.25) is 5.15 Å². The molecule has 1 aromatic heterocycles. The quantitative estimate of drug-likeness (QED) is 0.805. The van der Waals surface area contributed by atoms with E-state index in [2.05, 4.69) is 45.1 Å². The minimum atomic E-state index is 0.465. The van der Waals surface area contributed by atoms with Gasteiger partial charge >= 0.3 is 0 Å². The Morgan fingerprint density at radius 2 is 2.05 bits per heavy atom. The first kappa shape index (κ1) is 14.3. The molecule has 2 aromatic rings. The van der Waals surface area contributed by atoms with E-state index < -0.39 is 0 Å². The van der Waals surface area contributed by atoms with E-state index in [1.54, 1.807) is 6.07 Å². The van der Waals surface area contributed by atoms with Gasteiger partial charge in [0.05, 0.1) is 0 Å². The number of hydrogen-bond donors (Lipinski definition) is 1. The molecule has 0 fully saturated rings. The van der Waals surface area contributed by atoms with Crippen LogP contribution in [0.5, 0.6) is 0 Å². The van der Waals surface area contributed by atoms with Crippen LogP contribution in [0.4, 0.5) is 11.5 Å². The number of rotatable bonds is 4. The summed E-state index contributed by atoms with van der Waals surface area (Å²) in [5.74, 6) is 1.49. The zero-order chi connectivity index (χ0) is 13.8. The van der Waals surface area contributed by atoms with Crippen LogP contribution in [0.3, 0.4) is 0 Å². The molecule has 1 heterocycles. The van der Waals surface area contributed by atoms with Crippen molar-refractivity contribution < 1.29 is 0 Å². The van der Waals surface area contributed by atoms with Crippen LogP contribution in [0.1, 0.15) is 24.7 Å². The number of aromatic nitrogens is 2. The van der Waals surface area contributed by atoms with Gasteiger partial charge in [-0.15, -0.1) is 0 Å². The van der Waals surface area contributed by atoms with Gasteiger partial charge < -0.3 is 5.32 Å². The third kappa shape index (κ3) is 3.91. The number of hydrogen-bond acceptors (Lipinski definition) is 3. The van der Waals surface area contributed by atoms with Gasteiger partial charge in [-0.3, -0.25) is 0 Å². The summed E-state index contributed by atoms with van der Waals surface area (Å²) in [6.07, 6.45) is 1.82. The molecule has 0 bridgehead atoms. The van der Waals surface area contributed by atoms with Gasteiger partial charge in [-0.2, -0.15) is 0 Å². The fourth-order valence-electron chi connectivity index (χ4n) is 1.68. The lowest BCUT2D eigenvalue weighted by atomic mass is 10.2. The molecule has 0 spiro atoms. The van der Waals surface area contributed by atoms with E-state index in [4.69, 9.17) is 11.6 Å². The molecule has 0 aliphatic heterocycles. The van der Waals surface area contributed by atoms with E-state index >= 15 is 0 Å². The first-order valence-electron chi connectivity index (χ1n) is 6.15. The fourth-order valence-corrected chi connectivity index (χ4v) is 2.26. The summed E-state index contributed by atoms with van der Waals surface area (Å²) in [7, 11) is 0. The first-order valence-corrected chi connectivity index (χ1v) is 7.32. The maximum atomic E-state index is 6.01. The number of aryl methyl sites for hydroxylation is 2. The topological polar surface area (TPSA) is 37.8 Å². The molecular formula is C14H15BrClN3. The van der Waals surface area contributed by atoms with Crippen LogP contribution in [-0.2, 0) is 6.42 Å². The molecule has 100 valence electrons. The van der Waals surface area contributed by atoms with Crippen molar-refractivity contribution in [2.45, 2.75) is 26.7 Å². The number of anilines is 2. The number of nitrogens with zero attached hydrogens (tertiary/aromatic N) is 2. The molecule has 1 N–H and O–H groups in total. The van der Waals surface area contributed by atoms with Crippen molar-refractivity contribution in [3.8, 4) is 0 Å². The van der Waals surface area contributed by atoms with E-state index in [0.29, 0.717) is 5.15 Å². The lowest BCUT2D eigenvalue weighted by Crippen LogP contribution is -2.00. The Balaban J connectivity index is 2.24. The zero-order valence-electron chi connectivity index (χ0n) is 10.9. The molecule has 0 aliphatic carbocycles. The molecule has 2 rings (SSSR count). The summed E-state index contributed by atoms with van der Waals surface area (Å²) in [5, 5.41) is 3.71. The van der Waals surface area contributed by atoms with Crippen LogP contribution < -0.4 is 5.32 Å². The van der Waals surface area contributed by atoms with Crippen LogP contribution in [0.25, 0.3) is 0 Å². The molecule has 0 amide bonds. The Hall–Kier alpha value is -1.13. The van der Waals surface area contributed by atoms with Crippen molar-refractivity contribution in [1.29, 1.82) is 0 Å². The van der Waals surface area contributed by atoms with Crippen LogP contribution in [0, 0.1) is 6.92 Å². The second kappa shape index (κ2) is 6.35. The standard InChI is InChI=1S/C14H15BrClN3/c1-3-4-13-18-12(16)8-14(19-13)17-10-6-5-9(2)11(15)7-10/h5-8H,3-4H2,1-2H3,(H,17,18,19). The predicted octanol–water partition coefficient (Wildman–Crippen LogP) is 4.90. The van der Waals surface area contributed by atoms with Gasteiger partial charge in [0.25, 0.3) is 0 Å². The van der Waals surface area contributed by atoms with Crippen molar-refractivity contribution in [2.24, 2.45) is 0 Å². The average Bonchev–Trinajstić information content (AvgIpc) is 2.33. The summed E-state index contributed by atoms with van der Waals surface area (Å²) in [6, 6.07) is 7.80. The molecule has 0 atom stereocenters. The smallest absolute Gasteiger partial charge is 0.135 e. The Kier molecular flexibility index (Phi) is 4.77. The maximum absolute atomic E-state index is 6.01. The normalized spacial score (nSPS) is 10.5. The van der Waals surface area contributed by atoms with Gasteiger partial charge in [0.15, 0.2) is 0 Å². The monoisotopic (exact) mass is 339 g/mol. The van der Waals surface area contributed by atoms with Gasteiger partial charge in [-0.25, -0.2) is 9.97 Å². The fraction of sp³-hybridized carbons (Fsp3) is 0.286. The SMILES string of the molecule is CCCc1nc(Cl)cc(Nc2ccc(C)c(Br)c2)n1. The molecule has 19 heavy (non-hydrogen) atoms. The van der Waals surface area contributed by atoms with Crippen molar-refractivity contribution >= 4 is 39.0 Å². The van der Waals surface area contributed by atoms with Crippen LogP contribution in [-0.4, -0.2) is 9.97 Å². The second-order valence-corrected chi connectivity index (χ2v) is 5.57. The van der Waals surface area contributed by atoms with Crippen LogP contribution >= 0.6 is 27.5 Å². The van der Waals surface area contributed by atoms with E-state index in [1.807, 2.05) is 18.2 Å². The van der Waals surface area contributed by atoms with Crippen molar-refractivity contribution in [3.05, 3.63) is 45.3 Å². The predicted molar refractivity (Wildman–Crippen MR) is 83.2 cm³/mol. The summed E-state index contributed by atoms with van der Waals surface area (Å²) in [5.41, 5.74) is 2.16. The number of halogens is 2. The molecule has 0 aliphatic rings. The number of benzene rings is 1. The molecule has 0 radical (unpaired) electrons. The summed E-state index contributed by atoms with van der Waals surface area (Å²) >= 11 is 9.52. The van der Waals surface area contributed by atoms with Gasteiger partial charge in [-0.1, -0.05) is 40.5 Å². The van der Waals surface area contributed by atoms with Crippen molar-refractivity contribution in [1.82, 2.24) is 9.97 Å². The average molecular weight is 341 g/mol. The third-order valence-corrected chi connectivity index (χ3v) is 3.71. The Morgan fingerprint density at radius 1 is 1.26 bits per heavy atom. The van der Waals surface area contributed by atoms with E-state index in [0.717, 1.165) is 34.6 Å². The van der Waals surface area contributed by atoms with Gasteiger partial charge in [-0.05, 0) is 31.0 Å². The minimum absolute atomic E-state index is 0.465. The Bertz CT molecular complexity index is 587. The lowest BCUT2D eigenvalue weighted by Gasteiger charge is -2.09.